The van der Waals surface area contributed by atoms with Gasteiger partial charge >= 0.3 is 5.97 Å². The molecule has 3 nitrogen and oxygen atoms in total. The molecule has 31 heavy (non-hydrogen) atoms. The number of carboxylic acids is 1. The van der Waals surface area contributed by atoms with E-state index in [0.717, 1.165) is 38.0 Å². The second-order valence-corrected chi connectivity index (χ2v) is 9.56. The zero-order chi connectivity index (χ0) is 22.2. The molecule has 2 rings (SSSR count). The maximum absolute atomic E-state index is 11.5. The molecule has 0 bridgehead atoms. The molecule has 174 valence electrons. The van der Waals surface area contributed by atoms with Crippen LogP contribution in [0.4, 0.5) is 0 Å². The quantitative estimate of drug-likeness (QED) is 0.217. The molecule has 1 aromatic carbocycles. The van der Waals surface area contributed by atoms with Gasteiger partial charge in [0.25, 0.3) is 0 Å². The van der Waals surface area contributed by atoms with Gasteiger partial charge in [-0.15, -0.1) is 0 Å². The average molecular weight is 428 g/mol. The van der Waals surface area contributed by atoms with Crippen molar-refractivity contribution in [1.82, 2.24) is 0 Å². The largest absolute Gasteiger partial charge is 0.481 e. The van der Waals surface area contributed by atoms with Gasteiger partial charge in [-0.2, -0.15) is 0 Å². The summed E-state index contributed by atoms with van der Waals surface area (Å²) in [7, 11) is 0. The Morgan fingerprint density at radius 3 is 2.42 bits per heavy atom. The summed E-state index contributed by atoms with van der Waals surface area (Å²) < 4.78 is 0. The third-order valence-corrected chi connectivity index (χ3v) is 7.12. The van der Waals surface area contributed by atoms with Gasteiger partial charge in [0, 0.05) is 6.42 Å². The topological polar surface area (TPSA) is 63.3 Å². The molecule has 2 atom stereocenters. The van der Waals surface area contributed by atoms with Crippen LogP contribution in [0.1, 0.15) is 95.5 Å². The van der Waals surface area contributed by atoms with E-state index in [2.05, 4.69) is 36.4 Å². The Labute approximate surface area is 190 Å². The highest BCUT2D eigenvalue weighted by Crippen LogP contribution is 2.30. The van der Waals surface area contributed by atoms with Crippen molar-refractivity contribution < 1.29 is 9.90 Å². The van der Waals surface area contributed by atoms with Gasteiger partial charge in [0.1, 0.15) is 0 Å². The average Bonchev–Trinajstić information content (AvgIpc) is 2.79. The van der Waals surface area contributed by atoms with Crippen molar-refractivity contribution in [2.24, 2.45) is 23.5 Å². The van der Waals surface area contributed by atoms with Crippen LogP contribution in [-0.4, -0.2) is 17.6 Å². The third-order valence-electron chi connectivity index (χ3n) is 7.12. The monoisotopic (exact) mass is 427 g/mol. The lowest BCUT2D eigenvalue weighted by Crippen LogP contribution is -2.22. The van der Waals surface area contributed by atoms with E-state index in [-0.39, 0.29) is 12.3 Å². The van der Waals surface area contributed by atoms with Crippen molar-refractivity contribution in [1.29, 1.82) is 0 Å². The van der Waals surface area contributed by atoms with E-state index in [4.69, 9.17) is 5.73 Å². The number of unbranched alkanes of at least 4 members (excludes halogenated alkanes) is 2. The minimum atomic E-state index is -0.680. The van der Waals surface area contributed by atoms with E-state index in [0.29, 0.717) is 12.5 Å². The summed E-state index contributed by atoms with van der Waals surface area (Å²) in [5.74, 6) is 0.922. The molecular weight excluding hydrogens is 382 g/mol. The highest BCUT2D eigenvalue weighted by molar-refractivity contribution is 5.67. The molecule has 1 saturated carbocycles. The zero-order valence-corrected chi connectivity index (χ0v) is 19.5. The lowest BCUT2D eigenvalue weighted by atomic mass is 9.80. The summed E-state index contributed by atoms with van der Waals surface area (Å²) in [4.78, 5) is 11.5. The molecule has 0 radical (unpaired) electrons. The predicted molar refractivity (Wildman–Crippen MR) is 131 cm³/mol. The normalized spacial score (nSPS) is 17.1. The van der Waals surface area contributed by atoms with Crippen LogP contribution < -0.4 is 5.73 Å². The van der Waals surface area contributed by atoms with Crippen LogP contribution in [0.2, 0.25) is 0 Å². The van der Waals surface area contributed by atoms with E-state index in [1.54, 1.807) is 0 Å². The SMILES string of the molecule is NCC[C@H](CCCC/C=C\CCC1CCCCC1)[C@H](CCc1ccccc1)CC(=O)O. The fourth-order valence-electron chi connectivity index (χ4n) is 5.27. The van der Waals surface area contributed by atoms with Crippen molar-refractivity contribution in [2.45, 2.75) is 96.3 Å². The third kappa shape index (κ3) is 11.5. The molecular formula is C28H45NO2. The number of rotatable bonds is 16. The van der Waals surface area contributed by atoms with Crippen molar-refractivity contribution in [3.8, 4) is 0 Å². The highest BCUT2D eigenvalue weighted by Gasteiger charge is 2.23. The smallest absolute Gasteiger partial charge is 0.303 e. The van der Waals surface area contributed by atoms with Gasteiger partial charge in [-0.25, -0.2) is 0 Å². The Bertz CT molecular complexity index is 607. The number of aliphatic carboxylic acids is 1. The molecule has 0 amide bonds. The van der Waals surface area contributed by atoms with Crippen LogP contribution >= 0.6 is 0 Å². The number of hydrogen-bond donors (Lipinski definition) is 2. The molecule has 1 fully saturated rings. The molecule has 3 heteroatoms. The number of carboxylic acid groups (broad SMARTS) is 1. The predicted octanol–water partition coefficient (Wildman–Crippen LogP) is 7.15. The van der Waals surface area contributed by atoms with Gasteiger partial charge in [0.05, 0.1) is 0 Å². The van der Waals surface area contributed by atoms with Gasteiger partial charge in [0.15, 0.2) is 0 Å². The first-order valence-electron chi connectivity index (χ1n) is 12.8. The summed E-state index contributed by atoms with van der Waals surface area (Å²) >= 11 is 0. The molecule has 0 aromatic heterocycles. The molecule has 1 aliphatic carbocycles. The van der Waals surface area contributed by atoms with E-state index in [1.165, 1.54) is 63.4 Å². The first-order valence-corrected chi connectivity index (χ1v) is 12.8. The zero-order valence-electron chi connectivity index (χ0n) is 19.5. The lowest BCUT2D eigenvalue weighted by Gasteiger charge is -2.26. The van der Waals surface area contributed by atoms with Gasteiger partial charge in [-0.3, -0.25) is 4.79 Å². The number of benzene rings is 1. The highest BCUT2D eigenvalue weighted by atomic mass is 16.4. The molecule has 0 unspecified atom stereocenters. The van der Waals surface area contributed by atoms with Crippen molar-refractivity contribution in [2.75, 3.05) is 6.54 Å². The standard InChI is InChI=1S/C28H45NO2/c29-22-21-26(27(23-28(30)31)20-19-25-16-10-6-11-17-25)18-12-4-2-1-3-7-13-24-14-8-5-9-15-24/h1,3,6,10-11,16-17,24,26-27H,2,4-5,7-9,12-15,18-23,29H2,(H,30,31)/b3-1-/t26-,27+/m0/s1. The van der Waals surface area contributed by atoms with Gasteiger partial charge < -0.3 is 10.8 Å². The van der Waals surface area contributed by atoms with E-state index in [9.17, 15) is 9.90 Å². The Morgan fingerprint density at radius 1 is 0.968 bits per heavy atom. The summed E-state index contributed by atoms with van der Waals surface area (Å²) in [6.45, 7) is 0.646. The van der Waals surface area contributed by atoms with Gasteiger partial charge in [-0.05, 0) is 74.8 Å². The summed E-state index contributed by atoms with van der Waals surface area (Å²) in [5.41, 5.74) is 7.19. The Morgan fingerprint density at radius 2 is 1.71 bits per heavy atom. The molecule has 0 heterocycles. The van der Waals surface area contributed by atoms with Crippen LogP contribution in [0, 0.1) is 17.8 Å². The summed E-state index contributed by atoms with van der Waals surface area (Å²) in [6, 6.07) is 10.4. The second-order valence-electron chi connectivity index (χ2n) is 9.56. The number of carbonyl (C=O) groups is 1. The maximum atomic E-state index is 11.5. The van der Waals surface area contributed by atoms with Crippen LogP contribution in [0.3, 0.4) is 0 Å². The van der Waals surface area contributed by atoms with Crippen molar-refractivity contribution >= 4 is 5.97 Å². The Kier molecular flexibility index (Phi) is 13.3. The summed E-state index contributed by atoms with van der Waals surface area (Å²) in [5, 5.41) is 9.44. The molecule has 3 N–H and O–H groups in total. The fourth-order valence-corrected chi connectivity index (χ4v) is 5.27. The molecule has 1 aromatic rings. The summed E-state index contributed by atoms with van der Waals surface area (Å²) in [6.07, 6.45) is 22.2. The minimum Gasteiger partial charge on any atom is -0.481 e. The van der Waals surface area contributed by atoms with E-state index < -0.39 is 5.97 Å². The Balaban J connectivity index is 1.69. The first kappa shape index (κ1) is 25.6. The fraction of sp³-hybridized carbons (Fsp3) is 0.679. The number of nitrogens with two attached hydrogens (primary N) is 1. The van der Waals surface area contributed by atoms with Gasteiger partial charge in [-0.1, -0.05) is 87.4 Å². The van der Waals surface area contributed by atoms with Crippen LogP contribution in [0.25, 0.3) is 0 Å². The molecule has 1 aliphatic rings. The first-order chi connectivity index (χ1) is 15.2. The molecule has 0 saturated heterocycles. The van der Waals surface area contributed by atoms with E-state index >= 15 is 0 Å². The maximum Gasteiger partial charge on any atom is 0.303 e. The number of hydrogen-bond acceptors (Lipinski definition) is 2. The number of aryl methyl sites for hydroxylation is 1. The molecule has 0 aliphatic heterocycles. The van der Waals surface area contributed by atoms with Crippen LogP contribution in [0.15, 0.2) is 42.5 Å². The lowest BCUT2D eigenvalue weighted by molar-refractivity contribution is -0.138. The number of allylic oxidation sites excluding steroid dienone is 2. The van der Waals surface area contributed by atoms with Crippen molar-refractivity contribution in [3.05, 3.63) is 48.0 Å². The Hall–Kier alpha value is -1.61. The van der Waals surface area contributed by atoms with E-state index in [1.807, 2.05) is 6.07 Å². The molecule has 0 spiro atoms. The van der Waals surface area contributed by atoms with Gasteiger partial charge in [0.2, 0.25) is 0 Å². The minimum absolute atomic E-state index is 0.215. The van der Waals surface area contributed by atoms with Crippen molar-refractivity contribution in [3.63, 3.8) is 0 Å². The van der Waals surface area contributed by atoms with Crippen LogP contribution in [-0.2, 0) is 11.2 Å². The second kappa shape index (κ2) is 16.1. The van der Waals surface area contributed by atoms with Crippen LogP contribution in [0.5, 0.6) is 0 Å².